The molecule has 0 saturated carbocycles. The van der Waals surface area contributed by atoms with Gasteiger partial charge in [-0.2, -0.15) is 0 Å². The molecule has 7 heteroatoms. The van der Waals surface area contributed by atoms with Gasteiger partial charge in [0.1, 0.15) is 17.2 Å². The topological polar surface area (TPSA) is 100 Å². The number of ether oxygens (including phenoxy) is 2. The van der Waals surface area contributed by atoms with Crippen LogP contribution in [-0.4, -0.2) is 41.9 Å². The molecule has 0 spiro atoms. The summed E-state index contributed by atoms with van der Waals surface area (Å²) in [6.07, 6.45) is 0.762. The Bertz CT molecular complexity index is 882. The van der Waals surface area contributed by atoms with Crippen LogP contribution in [0.25, 0.3) is 0 Å². The normalized spacial score (nSPS) is 14.6. The lowest BCUT2D eigenvalue weighted by Gasteiger charge is -2.29. The molecule has 0 aromatic heterocycles. The van der Waals surface area contributed by atoms with Crippen LogP contribution in [-0.2, 0) is 11.2 Å². The number of benzene rings is 2. The maximum absolute atomic E-state index is 11.5. The number of hydrogen-bond acceptors (Lipinski definition) is 6. The summed E-state index contributed by atoms with van der Waals surface area (Å²) in [5.41, 5.74) is 1.70. The van der Waals surface area contributed by atoms with Crippen LogP contribution in [0, 0.1) is 0 Å². The molecule has 3 rings (SSSR count). The quantitative estimate of drug-likeness (QED) is 0.544. The van der Waals surface area contributed by atoms with Crippen LogP contribution in [0.15, 0.2) is 36.4 Å². The van der Waals surface area contributed by atoms with Gasteiger partial charge in [0.2, 0.25) is 0 Å². The molecule has 4 N–H and O–H groups in total. The van der Waals surface area contributed by atoms with E-state index in [0.29, 0.717) is 17.0 Å². The summed E-state index contributed by atoms with van der Waals surface area (Å²) in [6, 6.07) is 10.8. The van der Waals surface area contributed by atoms with E-state index < -0.39 is 6.10 Å². The lowest BCUT2D eigenvalue weighted by atomic mass is 9.94. The van der Waals surface area contributed by atoms with Crippen LogP contribution < -0.4 is 20.1 Å². The van der Waals surface area contributed by atoms with Gasteiger partial charge in [-0.15, -0.1) is 0 Å². The van der Waals surface area contributed by atoms with Gasteiger partial charge >= 0.3 is 0 Å². The van der Waals surface area contributed by atoms with Crippen LogP contribution in [0.1, 0.15) is 37.5 Å². The number of aliphatic hydroxyl groups excluding tert-OH is 1. The highest BCUT2D eigenvalue weighted by molar-refractivity contribution is 5.96. The van der Waals surface area contributed by atoms with Crippen LogP contribution in [0.4, 0.5) is 5.69 Å². The van der Waals surface area contributed by atoms with Crippen molar-refractivity contribution in [3.05, 3.63) is 47.5 Å². The van der Waals surface area contributed by atoms with Crippen molar-refractivity contribution < 1.29 is 24.5 Å². The highest BCUT2D eigenvalue weighted by atomic mass is 16.5. The van der Waals surface area contributed by atoms with Crippen molar-refractivity contribution in [2.45, 2.75) is 38.3 Å². The number of phenolic OH excluding ortho intramolecular Hbond substituents is 1. The third kappa shape index (κ3) is 5.19. The molecule has 1 unspecified atom stereocenters. The summed E-state index contributed by atoms with van der Waals surface area (Å²) in [7, 11) is 1.67. The van der Waals surface area contributed by atoms with E-state index >= 15 is 0 Å². The highest BCUT2D eigenvalue weighted by Gasteiger charge is 2.26. The monoisotopic (exact) mass is 400 g/mol. The third-order valence-electron chi connectivity index (χ3n) is 5.07. The minimum Gasteiger partial charge on any atom is -0.508 e. The number of carbonyl (C=O) groups is 1. The fourth-order valence-corrected chi connectivity index (χ4v) is 3.39. The maximum Gasteiger partial charge on any atom is 0.262 e. The van der Waals surface area contributed by atoms with Crippen LogP contribution >= 0.6 is 0 Å². The lowest BCUT2D eigenvalue weighted by molar-refractivity contribution is -0.118. The minimum atomic E-state index is -0.906. The minimum absolute atomic E-state index is 0.0426. The third-order valence-corrected chi connectivity index (χ3v) is 5.07. The summed E-state index contributed by atoms with van der Waals surface area (Å²) in [5, 5.41) is 26.7. The van der Waals surface area contributed by atoms with E-state index in [1.807, 2.05) is 18.2 Å². The largest absolute Gasteiger partial charge is 0.508 e. The van der Waals surface area contributed by atoms with E-state index in [1.165, 1.54) is 12.1 Å². The summed E-state index contributed by atoms with van der Waals surface area (Å²) >= 11 is 0. The van der Waals surface area contributed by atoms with Crippen LogP contribution in [0.3, 0.4) is 0 Å². The van der Waals surface area contributed by atoms with Gasteiger partial charge in [-0.25, -0.2) is 0 Å². The number of amides is 1. The predicted octanol–water partition coefficient (Wildman–Crippen LogP) is 2.77. The number of anilines is 1. The van der Waals surface area contributed by atoms with Crippen molar-refractivity contribution in [2.24, 2.45) is 0 Å². The zero-order valence-corrected chi connectivity index (χ0v) is 17.0. The van der Waals surface area contributed by atoms with Gasteiger partial charge in [-0.05, 0) is 44.4 Å². The number of fused-ring (bicyclic) bond motifs is 1. The molecule has 7 nitrogen and oxygen atoms in total. The Balaban J connectivity index is 1.64. The number of aliphatic hydroxyl groups is 1. The number of aromatic hydroxyl groups is 1. The van der Waals surface area contributed by atoms with E-state index in [-0.39, 0.29) is 30.3 Å². The Labute approximate surface area is 170 Å². The average molecular weight is 400 g/mol. The molecule has 0 saturated heterocycles. The Morgan fingerprint density at radius 1 is 1.31 bits per heavy atom. The first-order chi connectivity index (χ1) is 13.8. The van der Waals surface area contributed by atoms with Gasteiger partial charge in [0.25, 0.3) is 5.91 Å². The number of phenols is 1. The fourth-order valence-electron chi connectivity index (χ4n) is 3.39. The standard InChI is InChI=1S/C22H28N2O5/c1-22(2,9-8-14-6-4-5-7-19(14)28-3)23-12-18(26)16-10-15(25)11-17-21(16)29-13-20(27)24-17/h4-7,10-11,18,23,25-26H,8-9,12-13H2,1-3H3,(H,24,27). The van der Waals surface area contributed by atoms with Crippen molar-refractivity contribution in [3.8, 4) is 17.2 Å². The van der Waals surface area contributed by atoms with Gasteiger partial charge < -0.3 is 30.3 Å². The van der Waals surface area contributed by atoms with Gasteiger partial charge in [0, 0.05) is 23.7 Å². The number of nitrogens with one attached hydrogen (secondary N) is 2. The predicted molar refractivity (Wildman–Crippen MR) is 111 cm³/mol. The van der Waals surface area contributed by atoms with E-state index in [2.05, 4.69) is 30.5 Å². The SMILES string of the molecule is COc1ccccc1CCC(C)(C)NCC(O)c1cc(O)cc2c1OCC(=O)N2. The Hall–Kier alpha value is -2.77. The molecule has 1 atom stereocenters. The second-order valence-electron chi connectivity index (χ2n) is 7.84. The molecule has 0 bridgehead atoms. The Morgan fingerprint density at radius 2 is 2.07 bits per heavy atom. The van der Waals surface area contributed by atoms with E-state index in [9.17, 15) is 15.0 Å². The molecule has 156 valence electrons. The molecule has 1 amide bonds. The molecule has 1 heterocycles. The van der Waals surface area contributed by atoms with Gasteiger partial charge in [-0.1, -0.05) is 18.2 Å². The van der Waals surface area contributed by atoms with E-state index in [0.717, 1.165) is 24.2 Å². The number of carbonyl (C=O) groups excluding carboxylic acids is 1. The fraction of sp³-hybridized carbons (Fsp3) is 0.409. The van der Waals surface area contributed by atoms with Crippen molar-refractivity contribution in [1.82, 2.24) is 5.32 Å². The zero-order valence-electron chi connectivity index (χ0n) is 17.0. The first-order valence-electron chi connectivity index (χ1n) is 9.63. The second kappa shape index (κ2) is 8.71. The molecular weight excluding hydrogens is 372 g/mol. The summed E-state index contributed by atoms with van der Waals surface area (Å²) < 4.78 is 10.9. The summed E-state index contributed by atoms with van der Waals surface area (Å²) in [6.45, 7) is 4.30. The van der Waals surface area contributed by atoms with Crippen molar-refractivity contribution >= 4 is 11.6 Å². The highest BCUT2D eigenvalue weighted by Crippen LogP contribution is 2.38. The lowest BCUT2D eigenvalue weighted by Crippen LogP contribution is -2.42. The van der Waals surface area contributed by atoms with Crippen LogP contribution in [0.2, 0.25) is 0 Å². The van der Waals surface area contributed by atoms with E-state index in [4.69, 9.17) is 9.47 Å². The molecule has 0 radical (unpaired) electrons. The average Bonchev–Trinajstić information content (AvgIpc) is 2.70. The zero-order chi connectivity index (χ0) is 21.0. The van der Waals surface area contributed by atoms with Crippen LogP contribution in [0.5, 0.6) is 17.2 Å². The van der Waals surface area contributed by atoms with Crippen molar-refractivity contribution in [1.29, 1.82) is 0 Å². The molecule has 1 aliphatic heterocycles. The summed E-state index contributed by atoms with van der Waals surface area (Å²) in [4.78, 5) is 11.5. The van der Waals surface area contributed by atoms with Crippen molar-refractivity contribution in [2.75, 3.05) is 25.6 Å². The molecular formula is C22H28N2O5. The number of methoxy groups -OCH3 is 1. The van der Waals surface area contributed by atoms with Gasteiger partial charge in [0.15, 0.2) is 6.61 Å². The molecule has 2 aromatic rings. The number of aryl methyl sites for hydroxylation is 1. The molecule has 0 fully saturated rings. The maximum atomic E-state index is 11.5. The number of rotatable bonds is 8. The Morgan fingerprint density at radius 3 is 2.83 bits per heavy atom. The van der Waals surface area contributed by atoms with Crippen molar-refractivity contribution in [3.63, 3.8) is 0 Å². The molecule has 0 aliphatic carbocycles. The summed E-state index contributed by atoms with van der Waals surface area (Å²) in [5.74, 6) is 0.926. The molecule has 2 aromatic carbocycles. The second-order valence-corrected chi connectivity index (χ2v) is 7.84. The first-order valence-corrected chi connectivity index (χ1v) is 9.63. The molecule has 1 aliphatic rings. The first kappa shape index (κ1) is 21.0. The number of para-hydroxylation sites is 1. The Kier molecular flexibility index (Phi) is 6.30. The van der Waals surface area contributed by atoms with Gasteiger partial charge in [0.05, 0.1) is 18.9 Å². The molecule has 29 heavy (non-hydrogen) atoms. The smallest absolute Gasteiger partial charge is 0.262 e. The number of β-amino-alcohol motifs (C(OH)–C–C–N with tert-alkyl or cyclic N) is 1. The van der Waals surface area contributed by atoms with E-state index in [1.54, 1.807) is 7.11 Å². The number of hydrogen-bond donors (Lipinski definition) is 4. The van der Waals surface area contributed by atoms with Gasteiger partial charge in [-0.3, -0.25) is 4.79 Å².